The van der Waals surface area contributed by atoms with Gasteiger partial charge in [0.1, 0.15) is 12.1 Å². The van der Waals surface area contributed by atoms with E-state index in [1.165, 1.54) is 11.8 Å². The second kappa shape index (κ2) is 6.38. The third-order valence-electron chi connectivity index (χ3n) is 2.49. The Morgan fingerprint density at radius 1 is 1.37 bits per heavy atom. The van der Waals surface area contributed by atoms with Crippen LogP contribution in [0.4, 0.5) is 0 Å². The van der Waals surface area contributed by atoms with Crippen LogP contribution >= 0.6 is 11.8 Å². The summed E-state index contributed by atoms with van der Waals surface area (Å²) in [5.74, 6) is 1.19. The Bertz CT molecular complexity index is 551. The van der Waals surface area contributed by atoms with Crippen molar-refractivity contribution < 1.29 is 9.53 Å². The van der Waals surface area contributed by atoms with E-state index in [1.807, 2.05) is 26.1 Å². The largest absolute Gasteiger partial charge is 0.494 e. The van der Waals surface area contributed by atoms with Crippen molar-refractivity contribution in [1.82, 2.24) is 14.8 Å². The fraction of sp³-hybridized carbons (Fsp3) is 0.308. The summed E-state index contributed by atoms with van der Waals surface area (Å²) in [6.07, 6.45) is 1.61. The molecule has 0 aliphatic carbocycles. The van der Waals surface area contributed by atoms with Gasteiger partial charge in [-0.2, -0.15) is 0 Å². The van der Waals surface area contributed by atoms with E-state index in [1.54, 1.807) is 23.0 Å². The second-order valence-electron chi connectivity index (χ2n) is 3.89. The van der Waals surface area contributed by atoms with Gasteiger partial charge in [-0.15, -0.1) is 10.2 Å². The number of nitrogens with zero attached hydrogens (tertiary/aromatic N) is 3. The zero-order chi connectivity index (χ0) is 13.7. The molecule has 0 spiro atoms. The molecule has 1 aromatic heterocycles. The monoisotopic (exact) mass is 277 g/mol. The van der Waals surface area contributed by atoms with Crippen molar-refractivity contribution in [3.8, 4) is 5.75 Å². The summed E-state index contributed by atoms with van der Waals surface area (Å²) in [5.41, 5.74) is 0.679. The molecule has 2 rings (SSSR count). The van der Waals surface area contributed by atoms with Crippen LogP contribution in [0.15, 0.2) is 35.7 Å². The van der Waals surface area contributed by atoms with Gasteiger partial charge in [-0.25, -0.2) is 0 Å². The topological polar surface area (TPSA) is 57.0 Å². The van der Waals surface area contributed by atoms with E-state index in [-0.39, 0.29) is 5.78 Å². The molecule has 5 nitrogen and oxygen atoms in total. The van der Waals surface area contributed by atoms with Crippen LogP contribution in [0.2, 0.25) is 0 Å². The number of hydrogen-bond donors (Lipinski definition) is 0. The van der Waals surface area contributed by atoms with Gasteiger partial charge in [-0.05, 0) is 31.2 Å². The van der Waals surface area contributed by atoms with Crippen molar-refractivity contribution >= 4 is 17.5 Å². The van der Waals surface area contributed by atoms with Gasteiger partial charge in [0, 0.05) is 12.6 Å². The van der Waals surface area contributed by atoms with Gasteiger partial charge >= 0.3 is 0 Å². The average Bonchev–Trinajstić information content (AvgIpc) is 2.83. The molecule has 0 atom stereocenters. The second-order valence-corrected chi connectivity index (χ2v) is 4.84. The summed E-state index contributed by atoms with van der Waals surface area (Å²) in [5, 5.41) is 8.43. The minimum Gasteiger partial charge on any atom is -0.494 e. The molecule has 0 aliphatic rings. The van der Waals surface area contributed by atoms with Crippen molar-refractivity contribution in [1.29, 1.82) is 0 Å². The Labute approximate surface area is 116 Å². The van der Waals surface area contributed by atoms with Gasteiger partial charge < -0.3 is 9.30 Å². The number of ketones is 1. The van der Waals surface area contributed by atoms with Crippen molar-refractivity contribution in [2.24, 2.45) is 7.05 Å². The van der Waals surface area contributed by atoms with E-state index >= 15 is 0 Å². The lowest BCUT2D eigenvalue weighted by Crippen LogP contribution is -2.03. The lowest BCUT2D eigenvalue weighted by Gasteiger charge is -2.04. The molecule has 100 valence electrons. The molecule has 19 heavy (non-hydrogen) atoms. The highest BCUT2D eigenvalue weighted by molar-refractivity contribution is 7.99. The summed E-state index contributed by atoms with van der Waals surface area (Å²) in [6, 6.07) is 7.18. The molecule has 1 aromatic carbocycles. The van der Waals surface area contributed by atoms with Gasteiger partial charge in [-0.1, -0.05) is 11.8 Å². The zero-order valence-corrected chi connectivity index (χ0v) is 11.7. The first-order valence-electron chi connectivity index (χ1n) is 5.93. The Hall–Kier alpha value is -1.82. The van der Waals surface area contributed by atoms with Gasteiger partial charge in [0.2, 0.25) is 0 Å². The van der Waals surface area contributed by atoms with Crippen LogP contribution < -0.4 is 4.74 Å². The molecule has 0 saturated heterocycles. The number of benzene rings is 1. The number of ether oxygens (including phenoxy) is 1. The van der Waals surface area contributed by atoms with E-state index in [4.69, 9.17) is 4.74 Å². The van der Waals surface area contributed by atoms with Gasteiger partial charge in [0.25, 0.3) is 0 Å². The predicted octanol–water partition coefficient (Wildman–Crippen LogP) is 2.19. The maximum Gasteiger partial charge on any atom is 0.191 e. The highest BCUT2D eigenvalue weighted by atomic mass is 32.2. The fourth-order valence-corrected chi connectivity index (χ4v) is 2.30. The van der Waals surface area contributed by atoms with E-state index < -0.39 is 0 Å². The van der Waals surface area contributed by atoms with E-state index in [0.717, 1.165) is 10.9 Å². The molecule has 2 aromatic rings. The number of aromatic nitrogens is 3. The fourth-order valence-electron chi connectivity index (χ4n) is 1.52. The van der Waals surface area contributed by atoms with Crippen molar-refractivity contribution in [3.63, 3.8) is 0 Å². The summed E-state index contributed by atoms with van der Waals surface area (Å²) in [6.45, 7) is 2.55. The molecule has 0 aliphatic heterocycles. The average molecular weight is 277 g/mol. The zero-order valence-electron chi connectivity index (χ0n) is 10.9. The van der Waals surface area contributed by atoms with Crippen LogP contribution in [0, 0.1) is 0 Å². The normalized spacial score (nSPS) is 10.4. The number of carbonyl (C=O) groups is 1. The first kappa shape index (κ1) is 13.6. The summed E-state index contributed by atoms with van der Waals surface area (Å²) in [7, 11) is 1.85. The van der Waals surface area contributed by atoms with Crippen LogP contribution in [0.25, 0.3) is 0 Å². The predicted molar refractivity (Wildman–Crippen MR) is 73.7 cm³/mol. The number of hydrogen-bond acceptors (Lipinski definition) is 5. The van der Waals surface area contributed by atoms with Crippen LogP contribution in [-0.2, 0) is 7.05 Å². The van der Waals surface area contributed by atoms with Gasteiger partial charge in [0.05, 0.1) is 12.4 Å². The molecule has 0 saturated carbocycles. The summed E-state index contributed by atoms with van der Waals surface area (Å²) < 4.78 is 7.12. The molecule has 0 amide bonds. The molecule has 0 N–H and O–H groups in total. The third kappa shape index (κ3) is 3.57. The molecule has 0 fully saturated rings. The smallest absolute Gasteiger partial charge is 0.191 e. The first-order chi connectivity index (χ1) is 9.20. The number of Topliss-reactive ketones (excluding diaryl/α,β-unsaturated/α-hetero) is 1. The van der Waals surface area contributed by atoms with Crippen LogP contribution in [0.1, 0.15) is 17.3 Å². The molecule has 0 radical (unpaired) electrons. The number of aryl methyl sites for hydroxylation is 1. The van der Waals surface area contributed by atoms with E-state index in [0.29, 0.717) is 17.9 Å². The third-order valence-corrected chi connectivity index (χ3v) is 3.52. The number of rotatable bonds is 6. The molecule has 0 unspecified atom stereocenters. The summed E-state index contributed by atoms with van der Waals surface area (Å²) >= 11 is 1.38. The number of carbonyl (C=O) groups excluding carboxylic acids is 1. The summed E-state index contributed by atoms with van der Waals surface area (Å²) in [4.78, 5) is 12.0. The van der Waals surface area contributed by atoms with Crippen LogP contribution in [0.3, 0.4) is 0 Å². The molecule has 6 heteroatoms. The van der Waals surface area contributed by atoms with Gasteiger partial charge in [-0.3, -0.25) is 4.79 Å². The molecular weight excluding hydrogens is 262 g/mol. The minimum absolute atomic E-state index is 0.0658. The molecule has 0 bridgehead atoms. The Morgan fingerprint density at radius 2 is 2.11 bits per heavy atom. The lowest BCUT2D eigenvalue weighted by atomic mass is 10.1. The van der Waals surface area contributed by atoms with Crippen molar-refractivity contribution in [2.75, 3.05) is 12.4 Å². The van der Waals surface area contributed by atoms with Crippen LogP contribution in [-0.4, -0.2) is 32.9 Å². The minimum atomic E-state index is 0.0658. The standard InChI is InChI=1S/C13H15N3O2S/c1-3-18-11-6-4-10(5-7-11)12(17)8-19-13-15-14-9-16(13)2/h4-7,9H,3,8H2,1-2H3. The Kier molecular flexibility index (Phi) is 4.57. The maximum atomic E-state index is 12.0. The highest BCUT2D eigenvalue weighted by Gasteiger charge is 2.09. The lowest BCUT2D eigenvalue weighted by molar-refractivity contribution is 0.102. The number of thioether (sulfide) groups is 1. The maximum absolute atomic E-state index is 12.0. The first-order valence-corrected chi connectivity index (χ1v) is 6.92. The SMILES string of the molecule is CCOc1ccc(C(=O)CSc2nncn2C)cc1. The molecular formula is C13H15N3O2S. The Morgan fingerprint density at radius 3 is 2.68 bits per heavy atom. The van der Waals surface area contributed by atoms with Crippen molar-refractivity contribution in [3.05, 3.63) is 36.2 Å². The molecule has 1 heterocycles. The quantitative estimate of drug-likeness (QED) is 0.598. The van der Waals surface area contributed by atoms with Gasteiger partial charge in [0.15, 0.2) is 10.9 Å². The highest BCUT2D eigenvalue weighted by Crippen LogP contribution is 2.17. The van der Waals surface area contributed by atoms with E-state index in [2.05, 4.69) is 10.2 Å². The van der Waals surface area contributed by atoms with E-state index in [9.17, 15) is 4.79 Å². The van der Waals surface area contributed by atoms with Crippen LogP contribution in [0.5, 0.6) is 5.75 Å². The van der Waals surface area contributed by atoms with Crippen molar-refractivity contribution in [2.45, 2.75) is 12.1 Å². The Balaban J connectivity index is 1.94.